The third kappa shape index (κ3) is 1.91. The van der Waals surface area contributed by atoms with Gasteiger partial charge in [-0.25, -0.2) is 0 Å². The van der Waals surface area contributed by atoms with Gasteiger partial charge in [0.25, 0.3) is 0 Å². The Morgan fingerprint density at radius 1 is 0.762 bits per heavy atom. The molecular weight excluding hydrogens is 252 g/mol. The van der Waals surface area contributed by atoms with Crippen molar-refractivity contribution in [2.75, 3.05) is 0 Å². The second-order valence-corrected chi connectivity index (χ2v) is 5.84. The molecule has 2 aromatic rings. The van der Waals surface area contributed by atoms with Gasteiger partial charge in [-0.15, -0.1) is 0 Å². The van der Waals surface area contributed by atoms with Gasteiger partial charge in [0, 0.05) is 5.92 Å². The highest BCUT2D eigenvalue weighted by atomic mass is 14.3. The van der Waals surface area contributed by atoms with Gasteiger partial charge in [-0.1, -0.05) is 85.8 Å². The van der Waals surface area contributed by atoms with Crippen LogP contribution in [0.4, 0.5) is 0 Å². The third-order valence-corrected chi connectivity index (χ3v) is 4.67. The van der Waals surface area contributed by atoms with E-state index in [0.717, 1.165) is 0 Å². The molecule has 0 radical (unpaired) electrons. The van der Waals surface area contributed by atoms with E-state index in [1.807, 2.05) is 0 Å². The van der Waals surface area contributed by atoms with E-state index in [4.69, 9.17) is 0 Å². The fourth-order valence-corrected chi connectivity index (χ4v) is 3.69. The minimum atomic E-state index is 0.486. The minimum Gasteiger partial charge on any atom is -0.0764 e. The molecule has 2 aliphatic carbocycles. The molecule has 0 saturated carbocycles. The highest BCUT2D eigenvalue weighted by Crippen LogP contribution is 2.36. The molecule has 0 unspecified atom stereocenters. The summed E-state index contributed by atoms with van der Waals surface area (Å²) in [4.78, 5) is 0. The largest absolute Gasteiger partial charge is 0.0764 e. The molecule has 2 aliphatic rings. The van der Waals surface area contributed by atoms with Crippen LogP contribution in [0.3, 0.4) is 0 Å². The van der Waals surface area contributed by atoms with Crippen LogP contribution in [-0.2, 0) is 0 Å². The lowest BCUT2D eigenvalue weighted by Crippen LogP contribution is -2.39. The molecule has 4 rings (SSSR count). The molecule has 0 fully saturated rings. The molecule has 0 aliphatic heterocycles. The lowest BCUT2D eigenvalue weighted by atomic mass is 9.73. The Morgan fingerprint density at radius 3 is 2.29 bits per heavy atom. The highest BCUT2D eigenvalue weighted by molar-refractivity contribution is 5.77. The molecule has 0 heteroatoms. The van der Waals surface area contributed by atoms with Gasteiger partial charge in [-0.2, -0.15) is 0 Å². The van der Waals surface area contributed by atoms with Gasteiger partial charge < -0.3 is 0 Å². The molecule has 102 valence electrons. The molecule has 0 nitrogen and oxygen atoms in total. The summed E-state index contributed by atoms with van der Waals surface area (Å²) in [6, 6.07) is 19.6. The molecule has 0 heterocycles. The third-order valence-electron chi connectivity index (χ3n) is 4.67. The molecule has 2 aromatic carbocycles. The van der Waals surface area contributed by atoms with Crippen LogP contribution in [-0.4, -0.2) is 0 Å². The standard InChI is InChI=1S/C21H18/c1-15-17-11-5-6-12-18(17)19-13-7-8-14-20(19)21(15)16-9-3-2-4-10-16/h2-15,17H,1H3/t15-,17+/m1/s1. The molecule has 0 spiro atoms. The first kappa shape index (κ1) is 12.4. The summed E-state index contributed by atoms with van der Waals surface area (Å²) in [5.74, 6) is 0.985. The summed E-state index contributed by atoms with van der Waals surface area (Å²) in [5.41, 5.74) is 4.28. The molecule has 2 atom stereocenters. The first-order chi connectivity index (χ1) is 10.4. The maximum Gasteiger partial charge on any atom is 0.00937 e. The van der Waals surface area contributed by atoms with E-state index in [2.05, 4.69) is 85.8 Å². The second kappa shape index (κ2) is 4.89. The zero-order chi connectivity index (χ0) is 14.2. The smallest absolute Gasteiger partial charge is 0.00937 e. The summed E-state index contributed by atoms with van der Waals surface area (Å²) >= 11 is 0. The molecular formula is C21H18. The molecule has 0 amide bonds. The maximum atomic E-state index is 2.35. The number of allylic oxidation sites excluding steroid dienone is 4. The van der Waals surface area contributed by atoms with E-state index in [1.165, 1.54) is 27.1 Å². The summed E-state index contributed by atoms with van der Waals surface area (Å²) in [5, 5.41) is 2.78. The second-order valence-electron chi connectivity index (χ2n) is 5.84. The fourth-order valence-electron chi connectivity index (χ4n) is 3.69. The van der Waals surface area contributed by atoms with E-state index in [-0.39, 0.29) is 0 Å². The molecule has 0 N–H and O–H groups in total. The number of hydrogen-bond donors (Lipinski definition) is 0. The zero-order valence-electron chi connectivity index (χ0n) is 12.2. The minimum absolute atomic E-state index is 0.486. The van der Waals surface area contributed by atoms with E-state index in [1.54, 1.807) is 0 Å². The van der Waals surface area contributed by atoms with Gasteiger partial charge in [0.1, 0.15) is 0 Å². The number of hydrogen-bond acceptors (Lipinski definition) is 0. The number of benzene rings is 2. The molecule has 0 saturated heterocycles. The van der Waals surface area contributed by atoms with Crippen LogP contribution < -0.4 is 10.4 Å². The Labute approximate surface area is 125 Å². The molecule has 0 aromatic heterocycles. The van der Waals surface area contributed by atoms with Crippen LogP contribution in [0.25, 0.3) is 11.1 Å². The average molecular weight is 270 g/mol. The van der Waals surface area contributed by atoms with Crippen LogP contribution in [0.1, 0.15) is 12.5 Å². The van der Waals surface area contributed by atoms with Crippen molar-refractivity contribution in [2.45, 2.75) is 6.92 Å². The monoisotopic (exact) mass is 270 g/mol. The predicted octanol–water partition coefficient (Wildman–Crippen LogP) is 3.43. The van der Waals surface area contributed by atoms with Crippen molar-refractivity contribution >= 4 is 11.1 Å². The van der Waals surface area contributed by atoms with Crippen LogP contribution in [0.15, 0.2) is 78.9 Å². The van der Waals surface area contributed by atoms with Crippen LogP contribution in [0.2, 0.25) is 0 Å². The van der Waals surface area contributed by atoms with E-state index >= 15 is 0 Å². The topological polar surface area (TPSA) is 0 Å². The Kier molecular flexibility index (Phi) is 2.89. The van der Waals surface area contributed by atoms with Crippen molar-refractivity contribution in [1.82, 2.24) is 0 Å². The van der Waals surface area contributed by atoms with Gasteiger partial charge in [-0.3, -0.25) is 0 Å². The Bertz CT molecular complexity index is 850. The lowest BCUT2D eigenvalue weighted by molar-refractivity contribution is 0.632. The van der Waals surface area contributed by atoms with E-state index in [0.29, 0.717) is 11.8 Å². The van der Waals surface area contributed by atoms with Crippen LogP contribution in [0.5, 0.6) is 0 Å². The highest BCUT2D eigenvalue weighted by Gasteiger charge is 2.27. The van der Waals surface area contributed by atoms with E-state index < -0.39 is 0 Å². The van der Waals surface area contributed by atoms with Gasteiger partial charge in [0.2, 0.25) is 0 Å². The fraction of sp³-hybridized carbons (Fsp3) is 0.143. The van der Waals surface area contributed by atoms with Gasteiger partial charge in [-0.05, 0) is 33.1 Å². The summed E-state index contributed by atoms with van der Waals surface area (Å²) in [6.45, 7) is 2.35. The van der Waals surface area contributed by atoms with Gasteiger partial charge in [0.15, 0.2) is 0 Å². The van der Waals surface area contributed by atoms with E-state index in [9.17, 15) is 0 Å². The number of rotatable bonds is 1. The normalized spacial score (nSPS) is 22.9. The summed E-state index contributed by atoms with van der Waals surface area (Å²) in [7, 11) is 0. The van der Waals surface area contributed by atoms with Gasteiger partial charge in [0.05, 0.1) is 0 Å². The summed E-state index contributed by atoms with van der Waals surface area (Å²) in [6.07, 6.45) is 8.96. The van der Waals surface area contributed by atoms with Crippen molar-refractivity contribution in [2.24, 2.45) is 11.8 Å². The molecule has 0 bridgehead atoms. The zero-order valence-corrected chi connectivity index (χ0v) is 12.2. The summed E-state index contributed by atoms with van der Waals surface area (Å²) < 4.78 is 0. The number of fused-ring (bicyclic) bond motifs is 2. The lowest BCUT2D eigenvalue weighted by Gasteiger charge is -2.31. The quantitative estimate of drug-likeness (QED) is 0.745. The SMILES string of the molecule is C[C@H]1C(c2ccccc2)=c2ccccc2=C2C=CC=C[C@H]21. The first-order valence-electron chi connectivity index (χ1n) is 7.60. The first-order valence-corrected chi connectivity index (χ1v) is 7.60. The Balaban J connectivity index is 2.14. The van der Waals surface area contributed by atoms with Crippen molar-refractivity contribution in [3.8, 4) is 0 Å². The van der Waals surface area contributed by atoms with Crippen LogP contribution in [0, 0.1) is 11.8 Å². The van der Waals surface area contributed by atoms with Crippen molar-refractivity contribution in [1.29, 1.82) is 0 Å². The Hall–Kier alpha value is -2.34. The van der Waals surface area contributed by atoms with Crippen LogP contribution >= 0.6 is 0 Å². The van der Waals surface area contributed by atoms with Gasteiger partial charge >= 0.3 is 0 Å². The Morgan fingerprint density at radius 2 is 1.48 bits per heavy atom. The predicted molar refractivity (Wildman–Crippen MR) is 89.0 cm³/mol. The maximum absolute atomic E-state index is 2.35. The van der Waals surface area contributed by atoms with Crippen molar-refractivity contribution in [3.63, 3.8) is 0 Å². The molecule has 21 heavy (non-hydrogen) atoms. The average Bonchev–Trinajstić information content (AvgIpc) is 2.56. The van der Waals surface area contributed by atoms with Crippen molar-refractivity contribution < 1.29 is 0 Å². The van der Waals surface area contributed by atoms with Crippen molar-refractivity contribution in [3.05, 3.63) is 94.9 Å².